The number of hydrogen-bond donors (Lipinski definition) is 1. The first-order valence-electron chi connectivity index (χ1n) is 6.57. The summed E-state index contributed by atoms with van der Waals surface area (Å²) in [6.07, 6.45) is 0. The molecule has 1 heterocycles. The van der Waals surface area contributed by atoms with Gasteiger partial charge >= 0.3 is 0 Å². The van der Waals surface area contributed by atoms with Crippen molar-refractivity contribution >= 4 is 11.8 Å². The van der Waals surface area contributed by atoms with Gasteiger partial charge in [0.1, 0.15) is 0 Å². The molecule has 1 aliphatic heterocycles. The molecule has 1 aromatic rings. The summed E-state index contributed by atoms with van der Waals surface area (Å²) < 4.78 is 0. The minimum absolute atomic E-state index is 0.192. The molecule has 0 aliphatic carbocycles. The van der Waals surface area contributed by atoms with E-state index in [2.05, 4.69) is 62.4 Å². The third kappa shape index (κ3) is 3.08. The Hall–Kier alpha value is -0.510. The number of thioether (sulfide) groups is 1. The number of benzene rings is 1. The Morgan fingerprint density at radius 3 is 2.78 bits per heavy atom. The lowest BCUT2D eigenvalue weighted by molar-refractivity contribution is 0.185. The zero-order chi connectivity index (χ0) is 13.2. The van der Waals surface area contributed by atoms with Crippen LogP contribution in [0, 0.1) is 0 Å². The second-order valence-electron chi connectivity index (χ2n) is 5.85. The Labute approximate surface area is 115 Å². The molecule has 1 N–H and O–H groups in total. The molecule has 0 fully saturated rings. The third-order valence-corrected chi connectivity index (χ3v) is 5.05. The lowest BCUT2D eigenvalue weighted by atomic mass is 9.99. The number of nitrogens with zero attached hydrogens (tertiary/aromatic N) is 1. The van der Waals surface area contributed by atoms with E-state index in [9.17, 15) is 0 Å². The number of nitrogens with one attached hydrogen (secondary N) is 1. The van der Waals surface area contributed by atoms with Crippen molar-refractivity contribution < 1.29 is 0 Å². The molecule has 2 nitrogen and oxygen atoms in total. The molecule has 18 heavy (non-hydrogen) atoms. The Bertz CT molecular complexity index is 401. The van der Waals surface area contributed by atoms with Crippen LogP contribution in [0.25, 0.3) is 0 Å². The molecule has 1 aliphatic rings. The summed E-state index contributed by atoms with van der Waals surface area (Å²) >= 11 is 2.03. The molecule has 0 aromatic heterocycles. The topological polar surface area (TPSA) is 15.3 Å². The first-order valence-corrected chi connectivity index (χ1v) is 7.72. The van der Waals surface area contributed by atoms with Crippen molar-refractivity contribution in [1.82, 2.24) is 10.2 Å². The summed E-state index contributed by atoms with van der Waals surface area (Å²) in [4.78, 5) is 2.28. The van der Waals surface area contributed by atoms with Crippen LogP contribution in [0.3, 0.4) is 0 Å². The molecule has 0 radical (unpaired) electrons. The summed E-state index contributed by atoms with van der Waals surface area (Å²) in [7, 11) is 4.29. The molecule has 1 aromatic carbocycles. The summed E-state index contributed by atoms with van der Waals surface area (Å²) in [5.74, 6) is 2.34. The molecule has 0 amide bonds. The maximum atomic E-state index is 3.74. The summed E-state index contributed by atoms with van der Waals surface area (Å²) in [5.41, 5.74) is 3.18. The van der Waals surface area contributed by atoms with Crippen LogP contribution in [0.1, 0.15) is 31.0 Å². The molecule has 1 unspecified atom stereocenters. The van der Waals surface area contributed by atoms with Gasteiger partial charge in [0.25, 0.3) is 0 Å². The van der Waals surface area contributed by atoms with E-state index in [0.29, 0.717) is 6.04 Å². The molecule has 1 atom stereocenters. The minimum atomic E-state index is 0.192. The van der Waals surface area contributed by atoms with Crippen molar-refractivity contribution in [3.8, 4) is 0 Å². The highest BCUT2D eigenvalue weighted by molar-refractivity contribution is 7.98. The van der Waals surface area contributed by atoms with Gasteiger partial charge in [-0.15, -0.1) is 0 Å². The van der Waals surface area contributed by atoms with E-state index in [1.807, 2.05) is 11.8 Å². The minimum Gasteiger partial charge on any atom is -0.307 e. The first-order chi connectivity index (χ1) is 8.50. The maximum absolute atomic E-state index is 3.74. The van der Waals surface area contributed by atoms with Crippen molar-refractivity contribution in [1.29, 1.82) is 0 Å². The van der Waals surface area contributed by atoms with E-state index in [0.717, 1.165) is 12.3 Å². The van der Waals surface area contributed by atoms with Crippen molar-refractivity contribution in [3.05, 3.63) is 35.4 Å². The van der Waals surface area contributed by atoms with Crippen LogP contribution in [0.15, 0.2) is 24.3 Å². The van der Waals surface area contributed by atoms with Crippen molar-refractivity contribution in [2.45, 2.75) is 31.2 Å². The predicted molar refractivity (Wildman–Crippen MR) is 81.1 cm³/mol. The fourth-order valence-corrected chi connectivity index (χ4v) is 3.22. The van der Waals surface area contributed by atoms with Crippen molar-refractivity contribution in [3.63, 3.8) is 0 Å². The molecular formula is C15H24N2S. The second kappa shape index (κ2) is 5.64. The fraction of sp³-hybridized carbons (Fsp3) is 0.600. The molecule has 0 saturated heterocycles. The largest absolute Gasteiger partial charge is 0.307 e. The van der Waals surface area contributed by atoms with Gasteiger partial charge in [-0.25, -0.2) is 0 Å². The Morgan fingerprint density at radius 2 is 2.06 bits per heavy atom. The van der Waals surface area contributed by atoms with Gasteiger partial charge in [-0.05, 0) is 39.1 Å². The number of hydrogen-bond acceptors (Lipinski definition) is 3. The van der Waals surface area contributed by atoms with Crippen LogP contribution in [0.4, 0.5) is 0 Å². The van der Waals surface area contributed by atoms with Gasteiger partial charge in [0.2, 0.25) is 0 Å². The van der Waals surface area contributed by atoms with E-state index < -0.39 is 0 Å². The first kappa shape index (κ1) is 13.9. The van der Waals surface area contributed by atoms with Crippen LogP contribution in [0.2, 0.25) is 0 Å². The van der Waals surface area contributed by atoms with Crippen LogP contribution < -0.4 is 5.32 Å². The van der Waals surface area contributed by atoms with E-state index in [4.69, 9.17) is 0 Å². The van der Waals surface area contributed by atoms with E-state index >= 15 is 0 Å². The Kier molecular flexibility index (Phi) is 4.36. The molecule has 0 bridgehead atoms. The molecular weight excluding hydrogens is 240 g/mol. The highest BCUT2D eigenvalue weighted by atomic mass is 32.2. The van der Waals surface area contributed by atoms with Crippen LogP contribution >= 0.6 is 11.8 Å². The Morgan fingerprint density at radius 1 is 1.33 bits per heavy atom. The van der Waals surface area contributed by atoms with Gasteiger partial charge in [-0.1, -0.05) is 24.3 Å². The van der Waals surface area contributed by atoms with Gasteiger partial charge in [-0.3, -0.25) is 0 Å². The highest BCUT2D eigenvalue weighted by Crippen LogP contribution is 2.31. The van der Waals surface area contributed by atoms with Gasteiger partial charge in [-0.2, -0.15) is 11.8 Å². The van der Waals surface area contributed by atoms with Crippen LogP contribution in [0.5, 0.6) is 0 Å². The van der Waals surface area contributed by atoms with E-state index in [-0.39, 0.29) is 5.54 Å². The monoisotopic (exact) mass is 264 g/mol. The maximum Gasteiger partial charge on any atom is 0.0415 e. The zero-order valence-electron chi connectivity index (χ0n) is 11.9. The highest BCUT2D eigenvalue weighted by Gasteiger charge is 2.24. The van der Waals surface area contributed by atoms with Gasteiger partial charge in [0.05, 0.1) is 0 Å². The Balaban J connectivity index is 2.04. The van der Waals surface area contributed by atoms with E-state index in [1.165, 1.54) is 16.9 Å². The van der Waals surface area contributed by atoms with Crippen molar-refractivity contribution in [2.75, 3.05) is 26.4 Å². The average Bonchev–Trinajstić information content (AvgIpc) is 2.36. The second-order valence-corrected chi connectivity index (χ2v) is 6.88. The number of likely N-dealkylation sites (N-methyl/N-ethyl adjacent to an activating group) is 1. The van der Waals surface area contributed by atoms with Gasteiger partial charge in [0, 0.05) is 29.6 Å². The van der Waals surface area contributed by atoms with E-state index in [1.54, 1.807) is 0 Å². The molecule has 100 valence electrons. The van der Waals surface area contributed by atoms with Gasteiger partial charge in [0.15, 0.2) is 0 Å². The third-order valence-electron chi connectivity index (χ3n) is 3.96. The molecule has 3 heteroatoms. The zero-order valence-corrected chi connectivity index (χ0v) is 12.7. The number of fused-ring (bicyclic) bond motifs is 1. The summed E-state index contributed by atoms with van der Waals surface area (Å²) in [5, 5.41) is 3.74. The SMILES string of the molecule is CN(C)C(C)(C)CNC1CSCc2ccccc21. The lowest BCUT2D eigenvalue weighted by Gasteiger charge is -2.35. The van der Waals surface area contributed by atoms with Gasteiger partial charge < -0.3 is 10.2 Å². The van der Waals surface area contributed by atoms with Crippen LogP contribution in [-0.2, 0) is 5.75 Å². The predicted octanol–water partition coefficient (Wildman–Crippen LogP) is 2.90. The number of rotatable bonds is 4. The smallest absolute Gasteiger partial charge is 0.0415 e. The fourth-order valence-electron chi connectivity index (χ4n) is 2.08. The standard InChI is InChI=1S/C15H24N2S/c1-15(2,17(3)4)11-16-14-10-18-9-12-7-5-6-8-13(12)14/h5-8,14,16H,9-11H2,1-4H3. The summed E-state index contributed by atoms with van der Waals surface area (Å²) in [6.45, 7) is 5.57. The lowest BCUT2D eigenvalue weighted by Crippen LogP contribution is -2.48. The van der Waals surface area contributed by atoms with Crippen molar-refractivity contribution in [2.24, 2.45) is 0 Å². The quantitative estimate of drug-likeness (QED) is 0.900. The molecule has 0 saturated carbocycles. The molecule has 2 rings (SSSR count). The van der Waals surface area contributed by atoms with Crippen LogP contribution in [-0.4, -0.2) is 36.8 Å². The average molecular weight is 264 g/mol. The summed E-state index contributed by atoms with van der Waals surface area (Å²) in [6, 6.07) is 9.33. The normalized spacial score (nSPS) is 19.9. The molecule has 0 spiro atoms.